The fraction of sp³-hybridized carbons (Fsp3) is 0.455. The maximum Gasteiger partial charge on any atom is 0.194 e. The van der Waals surface area contributed by atoms with Crippen LogP contribution in [0.1, 0.15) is 24.4 Å². The SMILES string of the molecule is Cl.N[C@@H](c1cc(F)c(F)c(F)c1)[C@H](O)C1CC1. The molecule has 0 spiro atoms. The number of aliphatic hydroxyl groups excluding tert-OH is 1. The van der Waals surface area contributed by atoms with Gasteiger partial charge < -0.3 is 10.8 Å². The van der Waals surface area contributed by atoms with E-state index in [0.717, 1.165) is 25.0 Å². The van der Waals surface area contributed by atoms with Gasteiger partial charge in [0.2, 0.25) is 0 Å². The zero-order chi connectivity index (χ0) is 11.9. The standard InChI is InChI=1S/C11H12F3NO.ClH/c12-7-3-6(4-8(13)9(7)14)10(15)11(16)5-1-2-5;/h3-5,10-11,16H,1-2,15H2;1H/t10-,11+;/m0./s1. The van der Waals surface area contributed by atoms with Crippen LogP contribution >= 0.6 is 12.4 Å². The van der Waals surface area contributed by atoms with E-state index < -0.39 is 29.6 Å². The first-order valence-corrected chi connectivity index (χ1v) is 5.09. The molecule has 1 aliphatic rings. The van der Waals surface area contributed by atoms with Gasteiger partial charge in [0, 0.05) is 0 Å². The van der Waals surface area contributed by atoms with Gasteiger partial charge in [-0.25, -0.2) is 13.2 Å². The quantitative estimate of drug-likeness (QED) is 0.826. The number of aliphatic hydroxyl groups is 1. The summed E-state index contributed by atoms with van der Waals surface area (Å²) < 4.78 is 38.5. The van der Waals surface area contributed by atoms with Crippen molar-refractivity contribution < 1.29 is 18.3 Å². The van der Waals surface area contributed by atoms with Crippen LogP contribution in [0.4, 0.5) is 13.2 Å². The van der Waals surface area contributed by atoms with Gasteiger partial charge in [0.1, 0.15) is 0 Å². The van der Waals surface area contributed by atoms with Crippen LogP contribution in [0.5, 0.6) is 0 Å². The van der Waals surface area contributed by atoms with Gasteiger partial charge >= 0.3 is 0 Å². The van der Waals surface area contributed by atoms with Crippen molar-refractivity contribution in [2.24, 2.45) is 11.7 Å². The summed E-state index contributed by atoms with van der Waals surface area (Å²) in [6, 6.07) is 0.778. The number of benzene rings is 1. The second-order valence-electron chi connectivity index (χ2n) is 4.15. The van der Waals surface area contributed by atoms with E-state index in [1.165, 1.54) is 0 Å². The monoisotopic (exact) mass is 267 g/mol. The molecule has 0 saturated heterocycles. The molecule has 0 unspecified atom stereocenters. The predicted octanol–water partition coefficient (Wildman–Crippen LogP) is 2.30. The Hall–Kier alpha value is -0.780. The number of halogens is 4. The minimum atomic E-state index is -1.52. The Morgan fingerprint density at radius 2 is 1.65 bits per heavy atom. The van der Waals surface area contributed by atoms with Crippen LogP contribution in [-0.4, -0.2) is 11.2 Å². The smallest absolute Gasteiger partial charge is 0.194 e. The Kier molecular flexibility index (Phi) is 4.41. The Bertz CT molecular complexity index is 389. The van der Waals surface area contributed by atoms with Crippen LogP contribution in [0.25, 0.3) is 0 Å². The first-order valence-electron chi connectivity index (χ1n) is 5.09. The van der Waals surface area contributed by atoms with Gasteiger partial charge in [-0.3, -0.25) is 0 Å². The third kappa shape index (κ3) is 2.91. The van der Waals surface area contributed by atoms with Crippen LogP contribution in [0.15, 0.2) is 12.1 Å². The van der Waals surface area contributed by atoms with E-state index in [2.05, 4.69) is 0 Å². The Balaban J connectivity index is 0.00000144. The van der Waals surface area contributed by atoms with Gasteiger partial charge in [0.25, 0.3) is 0 Å². The molecule has 0 amide bonds. The highest BCUT2D eigenvalue weighted by Gasteiger charge is 2.34. The summed E-state index contributed by atoms with van der Waals surface area (Å²) in [5.74, 6) is -4.00. The molecule has 1 aromatic carbocycles. The molecular formula is C11H13ClF3NO. The maximum atomic E-state index is 12.9. The lowest BCUT2D eigenvalue weighted by molar-refractivity contribution is 0.122. The van der Waals surface area contributed by atoms with Gasteiger partial charge in [-0.1, -0.05) is 0 Å². The van der Waals surface area contributed by atoms with Crippen molar-refractivity contribution in [1.29, 1.82) is 0 Å². The molecule has 2 nitrogen and oxygen atoms in total. The minimum Gasteiger partial charge on any atom is -0.391 e. The van der Waals surface area contributed by atoms with E-state index in [1.807, 2.05) is 0 Å². The van der Waals surface area contributed by atoms with Gasteiger partial charge in [0.05, 0.1) is 12.1 Å². The third-order valence-corrected chi connectivity index (χ3v) is 2.86. The molecule has 17 heavy (non-hydrogen) atoms. The maximum absolute atomic E-state index is 12.9. The van der Waals surface area contributed by atoms with Crippen LogP contribution < -0.4 is 5.73 Å². The minimum absolute atomic E-state index is 0. The molecule has 1 fully saturated rings. The number of hydrogen-bond acceptors (Lipinski definition) is 2. The molecule has 2 atom stereocenters. The molecule has 0 heterocycles. The number of nitrogens with two attached hydrogens (primary N) is 1. The normalized spacial score (nSPS) is 18.4. The highest BCUT2D eigenvalue weighted by atomic mass is 35.5. The summed E-state index contributed by atoms with van der Waals surface area (Å²) in [5.41, 5.74) is 5.74. The lowest BCUT2D eigenvalue weighted by Gasteiger charge is -2.19. The van der Waals surface area contributed by atoms with Crippen molar-refractivity contribution in [2.45, 2.75) is 25.0 Å². The molecule has 3 N–H and O–H groups in total. The van der Waals surface area contributed by atoms with Gasteiger partial charge in [-0.2, -0.15) is 0 Å². The first kappa shape index (κ1) is 14.3. The Morgan fingerprint density at radius 3 is 2.06 bits per heavy atom. The lowest BCUT2D eigenvalue weighted by atomic mass is 9.99. The van der Waals surface area contributed by atoms with Crippen molar-refractivity contribution >= 4 is 12.4 Å². The lowest BCUT2D eigenvalue weighted by Crippen LogP contribution is -2.28. The van der Waals surface area contributed by atoms with Crippen LogP contribution in [0.3, 0.4) is 0 Å². The molecular weight excluding hydrogens is 255 g/mol. The third-order valence-electron chi connectivity index (χ3n) is 2.86. The van der Waals surface area contributed by atoms with E-state index in [-0.39, 0.29) is 23.9 Å². The van der Waals surface area contributed by atoms with Gasteiger partial charge in [-0.05, 0) is 36.5 Å². The van der Waals surface area contributed by atoms with Crippen LogP contribution in [0, 0.1) is 23.4 Å². The fourth-order valence-corrected chi connectivity index (χ4v) is 1.70. The zero-order valence-corrected chi connectivity index (χ0v) is 9.68. The van der Waals surface area contributed by atoms with Gasteiger partial charge in [0.15, 0.2) is 17.5 Å². The van der Waals surface area contributed by atoms with Crippen LogP contribution in [-0.2, 0) is 0 Å². The van der Waals surface area contributed by atoms with E-state index >= 15 is 0 Å². The molecule has 1 aromatic rings. The highest BCUT2D eigenvalue weighted by molar-refractivity contribution is 5.85. The summed E-state index contributed by atoms with van der Waals surface area (Å²) in [6.07, 6.45) is 0.895. The fourth-order valence-electron chi connectivity index (χ4n) is 1.70. The predicted molar refractivity (Wildman–Crippen MR) is 59.2 cm³/mol. The summed E-state index contributed by atoms with van der Waals surface area (Å²) in [4.78, 5) is 0. The Morgan fingerprint density at radius 1 is 1.18 bits per heavy atom. The van der Waals surface area contributed by atoms with E-state index in [0.29, 0.717) is 0 Å². The molecule has 1 aliphatic carbocycles. The molecule has 0 aromatic heterocycles. The second-order valence-corrected chi connectivity index (χ2v) is 4.15. The molecule has 0 bridgehead atoms. The second kappa shape index (κ2) is 5.25. The van der Waals surface area contributed by atoms with E-state index in [9.17, 15) is 18.3 Å². The molecule has 0 aliphatic heterocycles. The molecule has 2 rings (SSSR count). The summed E-state index contributed by atoms with van der Waals surface area (Å²) in [5, 5.41) is 9.70. The topological polar surface area (TPSA) is 46.2 Å². The number of hydrogen-bond donors (Lipinski definition) is 2. The molecule has 0 radical (unpaired) electrons. The summed E-state index contributed by atoms with van der Waals surface area (Å²) in [7, 11) is 0. The van der Waals surface area contributed by atoms with Crippen molar-refractivity contribution in [3.63, 3.8) is 0 Å². The largest absolute Gasteiger partial charge is 0.391 e. The Labute approximate surface area is 103 Å². The van der Waals surface area contributed by atoms with Crippen molar-refractivity contribution in [3.05, 3.63) is 35.1 Å². The van der Waals surface area contributed by atoms with Gasteiger partial charge in [-0.15, -0.1) is 12.4 Å². The first-order chi connectivity index (χ1) is 7.50. The molecule has 96 valence electrons. The molecule has 1 saturated carbocycles. The van der Waals surface area contributed by atoms with E-state index in [4.69, 9.17) is 5.73 Å². The average molecular weight is 268 g/mol. The zero-order valence-electron chi connectivity index (χ0n) is 8.87. The molecule has 6 heteroatoms. The van der Waals surface area contributed by atoms with Crippen LogP contribution in [0.2, 0.25) is 0 Å². The summed E-state index contributed by atoms with van der Waals surface area (Å²) >= 11 is 0. The average Bonchev–Trinajstić information content (AvgIpc) is 3.06. The number of rotatable bonds is 3. The van der Waals surface area contributed by atoms with Crippen molar-refractivity contribution in [2.75, 3.05) is 0 Å². The summed E-state index contributed by atoms with van der Waals surface area (Å²) in [6.45, 7) is 0. The van der Waals surface area contributed by atoms with Crippen molar-refractivity contribution in [1.82, 2.24) is 0 Å². The highest BCUT2D eigenvalue weighted by Crippen LogP contribution is 2.37. The van der Waals surface area contributed by atoms with Crippen molar-refractivity contribution in [3.8, 4) is 0 Å². The van der Waals surface area contributed by atoms with E-state index in [1.54, 1.807) is 0 Å².